The zero-order valence-corrected chi connectivity index (χ0v) is 25.5. The van der Waals surface area contributed by atoms with Crippen molar-refractivity contribution in [3.63, 3.8) is 0 Å². The summed E-state index contributed by atoms with van der Waals surface area (Å²) >= 11 is 0. The molecule has 7 nitrogen and oxygen atoms in total. The van der Waals surface area contributed by atoms with Gasteiger partial charge in [-0.15, -0.1) is 0 Å². The normalized spacial score (nSPS) is 27.8. The Morgan fingerprint density at radius 2 is 1.93 bits per heavy atom. The molecule has 2 bridgehead atoms. The molecule has 2 aliphatic heterocycles. The maximum absolute atomic E-state index is 13.5. The van der Waals surface area contributed by atoms with Gasteiger partial charge in [0.05, 0.1) is 17.5 Å². The summed E-state index contributed by atoms with van der Waals surface area (Å²) in [6, 6.07) is 21.6. The lowest BCUT2D eigenvalue weighted by molar-refractivity contribution is -0.223. The number of esters is 1. The van der Waals surface area contributed by atoms with Gasteiger partial charge >= 0.3 is 5.97 Å². The SMILES string of the molecule is CC(=O)O[C@@]12CC[C@H](N(C)C(=O)C#Cc3cccc(C)c3)[C@@H]3Oc4c(O)ccc5c4[C@@]31CCN(CCc1ccccc1)[C@@H]2C5. The van der Waals surface area contributed by atoms with Crippen LogP contribution in [0.3, 0.4) is 0 Å². The predicted octanol–water partition coefficient (Wildman–Crippen LogP) is 4.55. The summed E-state index contributed by atoms with van der Waals surface area (Å²) in [6.45, 7) is 5.13. The number of benzene rings is 3. The number of amides is 1. The van der Waals surface area contributed by atoms with Crippen molar-refractivity contribution in [2.75, 3.05) is 20.1 Å². The highest BCUT2D eigenvalue weighted by atomic mass is 16.6. The van der Waals surface area contributed by atoms with Gasteiger partial charge in [0.15, 0.2) is 11.5 Å². The number of aryl methyl sites for hydroxylation is 1. The Morgan fingerprint density at radius 1 is 1.11 bits per heavy atom. The number of carbonyl (C=O) groups is 2. The maximum atomic E-state index is 13.5. The van der Waals surface area contributed by atoms with Crippen LogP contribution in [0.2, 0.25) is 0 Å². The summed E-state index contributed by atoms with van der Waals surface area (Å²) in [5.74, 6) is 5.83. The first-order valence-corrected chi connectivity index (χ1v) is 15.6. The van der Waals surface area contributed by atoms with E-state index in [1.54, 1.807) is 18.0 Å². The topological polar surface area (TPSA) is 79.3 Å². The smallest absolute Gasteiger partial charge is 0.303 e. The average molecular weight is 591 g/mol. The minimum atomic E-state index is -0.849. The third-order valence-electron chi connectivity index (χ3n) is 10.5. The van der Waals surface area contributed by atoms with Gasteiger partial charge in [-0.1, -0.05) is 54.5 Å². The summed E-state index contributed by atoms with van der Waals surface area (Å²) in [4.78, 5) is 30.7. The molecule has 1 spiro atoms. The van der Waals surface area contributed by atoms with Crippen LogP contribution in [0, 0.1) is 18.8 Å². The highest BCUT2D eigenvalue weighted by Crippen LogP contribution is 2.67. The van der Waals surface area contributed by atoms with Crippen LogP contribution in [-0.4, -0.2) is 70.7 Å². The van der Waals surface area contributed by atoms with Crippen molar-refractivity contribution in [2.45, 2.75) is 75.2 Å². The second-order valence-electron chi connectivity index (χ2n) is 12.8. The van der Waals surface area contributed by atoms with Crippen molar-refractivity contribution in [2.24, 2.45) is 0 Å². The molecule has 44 heavy (non-hydrogen) atoms. The van der Waals surface area contributed by atoms with Crippen molar-refractivity contribution in [1.82, 2.24) is 9.80 Å². The quantitative estimate of drug-likeness (QED) is 0.347. The molecule has 0 aromatic heterocycles. The number of rotatable bonds is 5. The van der Waals surface area contributed by atoms with Crippen LogP contribution in [0.5, 0.6) is 11.5 Å². The van der Waals surface area contributed by atoms with Crippen molar-refractivity contribution in [3.05, 3.63) is 94.5 Å². The van der Waals surface area contributed by atoms with E-state index < -0.39 is 17.1 Å². The van der Waals surface area contributed by atoms with E-state index in [0.29, 0.717) is 31.4 Å². The van der Waals surface area contributed by atoms with Crippen molar-refractivity contribution in [3.8, 4) is 23.3 Å². The number of phenols is 1. The number of phenolic OH excluding ortho intramolecular Hbond substituents is 1. The first-order chi connectivity index (χ1) is 21.2. The summed E-state index contributed by atoms with van der Waals surface area (Å²) in [7, 11) is 1.79. The van der Waals surface area contributed by atoms with E-state index in [-0.39, 0.29) is 29.7 Å². The van der Waals surface area contributed by atoms with Crippen LogP contribution in [0.25, 0.3) is 0 Å². The zero-order chi connectivity index (χ0) is 30.6. The van der Waals surface area contributed by atoms with Crippen LogP contribution < -0.4 is 4.74 Å². The molecular formula is C37H38N2O5. The molecule has 2 fully saturated rings. The van der Waals surface area contributed by atoms with Gasteiger partial charge in [-0.25, -0.2) is 0 Å². The Bertz CT molecular complexity index is 1690. The lowest BCUT2D eigenvalue weighted by Crippen LogP contribution is -2.79. The van der Waals surface area contributed by atoms with Crippen LogP contribution in [0.15, 0.2) is 66.7 Å². The summed E-state index contributed by atoms with van der Waals surface area (Å²) < 4.78 is 13.3. The van der Waals surface area contributed by atoms with Gasteiger partial charge in [-0.3, -0.25) is 14.5 Å². The zero-order valence-electron chi connectivity index (χ0n) is 25.5. The molecule has 4 aliphatic rings. The summed E-state index contributed by atoms with van der Waals surface area (Å²) in [5, 5.41) is 11.1. The molecule has 0 unspecified atom stereocenters. The van der Waals surface area contributed by atoms with Crippen LogP contribution >= 0.6 is 0 Å². The number of hydrogen-bond acceptors (Lipinski definition) is 6. The monoisotopic (exact) mass is 590 g/mol. The van der Waals surface area contributed by atoms with E-state index in [1.807, 2.05) is 43.3 Å². The van der Waals surface area contributed by atoms with E-state index in [9.17, 15) is 14.7 Å². The molecule has 226 valence electrons. The van der Waals surface area contributed by atoms with E-state index in [1.165, 1.54) is 12.5 Å². The number of hydrogen-bond donors (Lipinski definition) is 1. The van der Waals surface area contributed by atoms with Crippen molar-refractivity contribution in [1.29, 1.82) is 0 Å². The molecule has 3 aromatic rings. The molecule has 1 amide bonds. The highest BCUT2D eigenvalue weighted by molar-refractivity contribution is 5.94. The van der Waals surface area contributed by atoms with E-state index in [2.05, 4.69) is 41.0 Å². The first kappa shape index (κ1) is 28.5. The molecule has 1 saturated carbocycles. The predicted molar refractivity (Wildman–Crippen MR) is 166 cm³/mol. The van der Waals surface area contributed by atoms with Crippen LogP contribution in [0.4, 0.5) is 0 Å². The fourth-order valence-corrected chi connectivity index (χ4v) is 8.71. The van der Waals surface area contributed by atoms with E-state index >= 15 is 0 Å². The molecular weight excluding hydrogens is 552 g/mol. The summed E-state index contributed by atoms with van der Waals surface area (Å²) in [6.07, 6.45) is 2.96. The van der Waals surface area contributed by atoms with Gasteiger partial charge in [0.1, 0.15) is 11.7 Å². The average Bonchev–Trinajstić information content (AvgIpc) is 3.36. The number of aromatic hydroxyl groups is 1. The fraction of sp³-hybridized carbons (Fsp3) is 0.405. The minimum absolute atomic E-state index is 0.0546. The largest absolute Gasteiger partial charge is 0.504 e. The molecule has 0 radical (unpaired) electrons. The molecule has 1 N–H and O–H groups in total. The Morgan fingerprint density at radius 3 is 2.70 bits per heavy atom. The van der Waals surface area contributed by atoms with Gasteiger partial charge in [-0.05, 0) is 80.5 Å². The lowest BCUT2D eigenvalue weighted by Gasteiger charge is -2.65. The second kappa shape index (κ2) is 10.7. The molecule has 7 rings (SSSR count). The van der Waals surface area contributed by atoms with Gasteiger partial charge in [0.25, 0.3) is 5.91 Å². The molecule has 2 aliphatic carbocycles. The van der Waals surface area contributed by atoms with Crippen LogP contribution in [-0.2, 0) is 32.6 Å². The number of likely N-dealkylation sites (tertiary alicyclic amines) is 1. The second-order valence-corrected chi connectivity index (χ2v) is 12.8. The number of ether oxygens (including phenoxy) is 2. The number of nitrogens with zero attached hydrogens (tertiary/aromatic N) is 2. The highest BCUT2D eigenvalue weighted by Gasteiger charge is 2.75. The third-order valence-corrected chi connectivity index (χ3v) is 10.5. The molecule has 7 heteroatoms. The minimum Gasteiger partial charge on any atom is -0.504 e. The number of likely N-dealkylation sites (N-methyl/N-ethyl adjacent to an activating group) is 1. The Labute approximate surface area is 258 Å². The van der Waals surface area contributed by atoms with Gasteiger partial charge in [-0.2, -0.15) is 0 Å². The molecule has 3 aromatic carbocycles. The van der Waals surface area contributed by atoms with Gasteiger partial charge in [0, 0.05) is 37.6 Å². The third kappa shape index (κ3) is 4.30. The molecule has 2 heterocycles. The molecule has 1 saturated heterocycles. The van der Waals surface area contributed by atoms with Crippen molar-refractivity contribution < 1.29 is 24.2 Å². The number of carbonyl (C=O) groups excluding carboxylic acids is 2. The summed E-state index contributed by atoms with van der Waals surface area (Å²) in [5.41, 5.74) is 3.68. The van der Waals surface area contributed by atoms with E-state index in [4.69, 9.17) is 9.47 Å². The van der Waals surface area contributed by atoms with Crippen molar-refractivity contribution >= 4 is 11.9 Å². The van der Waals surface area contributed by atoms with E-state index in [0.717, 1.165) is 41.8 Å². The lowest BCUT2D eigenvalue weighted by atomic mass is 9.48. The number of piperidine rings is 1. The molecule has 5 atom stereocenters. The Kier molecular flexibility index (Phi) is 6.93. The Hall–Kier alpha value is -4.28. The maximum Gasteiger partial charge on any atom is 0.303 e. The van der Waals surface area contributed by atoms with Gasteiger partial charge < -0.3 is 19.5 Å². The van der Waals surface area contributed by atoms with Gasteiger partial charge in [0.2, 0.25) is 0 Å². The first-order valence-electron chi connectivity index (χ1n) is 15.6. The Balaban J connectivity index is 1.28. The standard InChI is InChI=1S/C37H38N2O5/c1-24-8-7-11-27(22-24)12-15-32(42)38(3)29-16-18-37(44-25(2)40)31-23-28-13-14-30(41)34-33(28)36(37,35(29)43-34)19-21-39(31)20-17-26-9-5-4-6-10-26/h4-11,13-14,22,29,31,35,41H,16-21,23H2,1-3H3/t29-,31+,35-,36-,37+/m0/s1. The van der Waals surface area contributed by atoms with Crippen LogP contribution in [0.1, 0.15) is 54.0 Å². The fourth-order valence-electron chi connectivity index (χ4n) is 8.71.